The molecule has 0 aliphatic heterocycles. The number of halogens is 3. The normalized spacial score (nSPS) is 15.5. The predicted molar refractivity (Wildman–Crippen MR) is 97.8 cm³/mol. The van der Waals surface area contributed by atoms with Crippen LogP contribution in [0.15, 0.2) is 48.5 Å². The van der Waals surface area contributed by atoms with Crippen molar-refractivity contribution in [2.75, 3.05) is 11.9 Å². The molecular formula is C21H22F3NO2. The van der Waals surface area contributed by atoms with Gasteiger partial charge in [-0.2, -0.15) is 13.2 Å². The van der Waals surface area contributed by atoms with Gasteiger partial charge in [-0.05, 0) is 42.5 Å². The number of nitrogens with one attached hydrogen (secondary N) is 1. The number of carbonyl (C=O) groups excluding carboxylic acids is 1. The Balaban J connectivity index is 1.82. The second-order valence-corrected chi connectivity index (χ2v) is 7.32. The van der Waals surface area contributed by atoms with Gasteiger partial charge in [0.25, 0.3) is 0 Å². The molecule has 2 aromatic rings. The standard InChI is InChI=1S/C21H22F3NO2/c1-14(2)13-27-18-9-8-16(12-17(18)21(22,23)24)25-19(26)20(10-11-20)15-6-4-3-5-7-15/h3-9,12,14H,10-11,13H2,1-2H3,(H,25,26). The van der Waals surface area contributed by atoms with Crippen LogP contribution < -0.4 is 10.1 Å². The topological polar surface area (TPSA) is 38.3 Å². The number of hydrogen-bond acceptors (Lipinski definition) is 2. The predicted octanol–water partition coefficient (Wildman–Crippen LogP) is 5.41. The highest BCUT2D eigenvalue weighted by atomic mass is 19.4. The minimum atomic E-state index is -4.57. The van der Waals surface area contributed by atoms with Gasteiger partial charge >= 0.3 is 6.18 Å². The van der Waals surface area contributed by atoms with Crippen LogP contribution in [0, 0.1) is 5.92 Å². The first-order chi connectivity index (χ1) is 12.7. The van der Waals surface area contributed by atoms with Crippen molar-refractivity contribution in [3.8, 4) is 5.75 Å². The first kappa shape index (κ1) is 19.3. The van der Waals surface area contributed by atoms with Crippen molar-refractivity contribution < 1.29 is 22.7 Å². The van der Waals surface area contributed by atoms with Gasteiger partial charge in [0.1, 0.15) is 5.75 Å². The maximum Gasteiger partial charge on any atom is 0.420 e. The molecule has 1 aliphatic rings. The third kappa shape index (κ3) is 4.26. The van der Waals surface area contributed by atoms with Crippen LogP contribution in [0.4, 0.5) is 18.9 Å². The van der Waals surface area contributed by atoms with Crippen LogP contribution in [0.3, 0.4) is 0 Å². The van der Waals surface area contributed by atoms with Gasteiger partial charge in [0.05, 0.1) is 17.6 Å². The Hall–Kier alpha value is -2.50. The van der Waals surface area contributed by atoms with Gasteiger partial charge in [-0.25, -0.2) is 0 Å². The number of amides is 1. The zero-order valence-electron chi connectivity index (χ0n) is 15.3. The molecule has 0 atom stereocenters. The number of rotatable bonds is 6. The van der Waals surface area contributed by atoms with Gasteiger partial charge < -0.3 is 10.1 Å². The third-order valence-electron chi connectivity index (χ3n) is 4.63. The summed E-state index contributed by atoms with van der Waals surface area (Å²) in [5.74, 6) is -0.401. The average molecular weight is 377 g/mol. The van der Waals surface area contributed by atoms with Gasteiger partial charge in [0.2, 0.25) is 5.91 Å². The number of alkyl halides is 3. The summed E-state index contributed by atoms with van der Waals surface area (Å²) in [6, 6.07) is 13.0. The van der Waals surface area contributed by atoms with E-state index in [0.29, 0.717) is 12.8 Å². The number of anilines is 1. The van der Waals surface area contributed by atoms with Crippen LogP contribution >= 0.6 is 0 Å². The summed E-state index contributed by atoms with van der Waals surface area (Å²) in [5.41, 5.74) is -0.528. The van der Waals surface area contributed by atoms with Crippen molar-refractivity contribution in [1.82, 2.24) is 0 Å². The summed E-state index contributed by atoms with van der Waals surface area (Å²) in [4.78, 5) is 12.7. The van der Waals surface area contributed by atoms with Crippen molar-refractivity contribution >= 4 is 11.6 Å². The van der Waals surface area contributed by atoms with E-state index < -0.39 is 17.2 Å². The summed E-state index contributed by atoms with van der Waals surface area (Å²) in [6.45, 7) is 3.91. The van der Waals surface area contributed by atoms with Crippen LogP contribution in [-0.2, 0) is 16.4 Å². The molecule has 0 radical (unpaired) electrons. The zero-order valence-corrected chi connectivity index (χ0v) is 15.3. The van der Waals surface area contributed by atoms with Crippen molar-refractivity contribution in [2.24, 2.45) is 5.92 Å². The highest BCUT2D eigenvalue weighted by Gasteiger charge is 2.51. The van der Waals surface area contributed by atoms with E-state index in [1.165, 1.54) is 12.1 Å². The van der Waals surface area contributed by atoms with Gasteiger partial charge in [0.15, 0.2) is 0 Å². The fraction of sp³-hybridized carbons (Fsp3) is 0.381. The molecule has 0 bridgehead atoms. The Morgan fingerprint density at radius 1 is 1.15 bits per heavy atom. The van der Waals surface area contributed by atoms with E-state index in [0.717, 1.165) is 11.6 Å². The van der Waals surface area contributed by atoms with Crippen LogP contribution in [-0.4, -0.2) is 12.5 Å². The molecule has 0 heterocycles. The highest BCUT2D eigenvalue weighted by molar-refractivity contribution is 6.01. The van der Waals surface area contributed by atoms with Crippen LogP contribution in [0.1, 0.15) is 37.8 Å². The van der Waals surface area contributed by atoms with Gasteiger partial charge in [-0.3, -0.25) is 4.79 Å². The van der Waals surface area contributed by atoms with Crippen molar-refractivity contribution in [3.63, 3.8) is 0 Å². The first-order valence-electron chi connectivity index (χ1n) is 8.93. The molecule has 0 spiro atoms. The van der Waals surface area contributed by atoms with E-state index in [9.17, 15) is 18.0 Å². The van der Waals surface area contributed by atoms with Gasteiger partial charge in [0, 0.05) is 5.69 Å². The molecule has 3 nitrogen and oxygen atoms in total. The van der Waals surface area contributed by atoms with Crippen molar-refractivity contribution in [1.29, 1.82) is 0 Å². The molecule has 0 saturated heterocycles. The summed E-state index contributed by atoms with van der Waals surface area (Å²) >= 11 is 0. The molecular weight excluding hydrogens is 355 g/mol. The van der Waals surface area contributed by atoms with Gasteiger partial charge in [-0.15, -0.1) is 0 Å². The first-order valence-corrected chi connectivity index (χ1v) is 8.93. The molecule has 3 rings (SSSR count). The maximum absolute atomic E-state index is 13.4. The minimum Gasteiger partial charge on any atom is -0.493 e. The fourth-order valence-electron chi connectivity index (χ4n) is 2.99. The lowest BCUT2D eigenvalue weighted by atomic mass is 9.95. The minimum absolute atomic E-state index is 0.103. The fourth-order valence-corrected chi connectivity index (χ4v) is 2.99. The van der Waals surface area contributed by atoms with Crippen LogP contribution in [0.2, 0.25) is 0 Å². The lowest BCUT2D eigenvalue weighted by Gasteiger charge is -2.19. The molecule has 27 heavy (non-hydrogen) atoms. The number of ether oxygens (including phenoxy) is 1. The second kappa shape index (κ2) is 7.25. The largest absolute Gasteiger partial charge is 0.493 e. The Bertz CT molecular complexity index is 812. The summed E-state index contributed by atoms with van der Waals surface area (Å²) in [7, 11) is 0. The zero-order chi connectivity index (χ0) is 19.7. The molecule has 6 heteroatoms. The lowest BCUT2D eigenvalue weighted by Crippen LogP contribution is -2.28. The lowest BCUT2D eigenvalue weighted by molar-refractivity contribution is -0.139. The average Bonchev–Trinajstić information content (AvgIpc) is 3.42. The summed E-state index contributed by atoms with van der Waals surface area (Å²) < 4.78 is 45.5. The van der Waals surface area contributed by atoms with E-state index >= 15 is 0 Å². The Morgan fingerprint density at radius 3 is 2.37 bits per heavy atom. The Morgan fingerprint density at radius 2 is 1.81 bits per heavy atom. The molecule has 1 fully saturated rings. The Kier molecular flexibility index (Phi) is 5.18. The van der Waals surface area contributed by atoms with Crippen LogP contribution in [0.5, 0.6) is 5.75 Å². The maximum atomic E-state index is 13.4. The molecule has 0 unspecified atom stereocenters. The second-order valence-electron chi connectivity index (χ2n) is 7.32. The van der Waals surface area contributed by atoms with Gasteiger partial charge in [-0.1, -0.05) is 44.2 Å². The van der Waals surface area contributed by atoms with E-state index in [-0.39, 0.29) is 29.9 Å². The van der Waals surface area contributed by atoms with E-state index in [1.54, 1.807) is 0 Å². The molecule has 144 valence electrons. The summed E-state index contributed by atoms with van der Waals surface area (Å²) in [5, 5.41) is 2.65. The highest BCUT2D eigenvalue weighted by Crippen LogP contribution is 2.49. The number of hydrogen-bond donors (Lipinski definition) is 1. The Labute approximate surface area is 156 Å². The molecule has 1 saturated carbocycles. The van der Waals surface area contributed by atoms with Crippen molar-refractivity contribution in [3.05, 3.63) is 59.7 Å². The number of carbonyl (C=O) groups is 1. The van der Waals surface area contributed by atoms with E-state index in [4.69, 9.17) is 4.74 Å². The third-order valence-corrected chi connectivity index (χ3v) is 4.63. The number of benzene rings is 2. The quantitative estimate of drug-likeness (QED) is 0.731. The molecule has 2 aromatic carbocycles. The summed E-state index contributed by atoms with van der Waals surface area (Å²) in [6.07, 6.45) is -3.20. The molecule has 1 aliphatic carbocycles. The SMILES string of the molecule is CC(C)COc1ccc(NC(=O)C2(c3ccccc3)CC2)cc1C(F)(F)F. The van der Waals surface area contributed by atoms with E-state index in [1.807, 2.05) is 44.2 Å². The smallest absolute Gasteiger partial charge is 0.420 e. The van der Waals surface area contributed by atoms with Crippen molar-refractivity contribution in [2.45, 2.75) is 38.3 Å². The molecule has 1 amide bonds. The van der Waals surface area contributed by atoms with Crippen LogP contribution in [0.25, 0.3) is 0 Å². The molecule has 1 N–H and O–H groups in total. The van der Waals surface area contributed by atoms with E-state index in [2.05, 4.69) is 5.32 Å². The molecule has 0 aromatic heterocycles. The monoisotopic (exact) mass is 377 g/mol.